The van der Waals surface area contributed by atoms with Crippen LogP contribution in [-0.2, 0) is 11.2 Å². The number of phenolic OH excluding ortho intramolecular Hbond substituents is 1. The van der Waals surface area contributed by atoms with E-state index >= 15 is 0 Å². The van der Waals surface area contributed by atoms with E-state index in [-0.39, 0.29) is 12.0 Å². The van der Waals surface area contributed by atoms with Crippen molar-refractivity contribution >= 4 is 39.0 Å². The zero-order chi connectivity index (χ0) is 19.1. The first-order valence-corrected chi connectivity index (χ1v) is 10.2. The largest absolute Gasteiger partial charge is 0.507 e. The number of fused-ring (bicyclic) bond motifs is 3. The predicted octanol–water partition coefficient (Wildman–Crippen LogP) is 5.18. The minimum atomic E-state index is -0.313. The summed E-state index contributed by atoms with van der Waals surface area (Å²) in [5.74, 6) is 0.695. The molecule has 0 amide bonds. The number of hydrogen-bond donors (Lipinski definition) is 1. The summed E-state index contributed by atoms with van der Waals surface area (Å²) in [6, 6.07) is 13.6. The molecule has 1 aromatic heterocycles. The van der Waals surface area contributed by atoms with E-state index in [0.29, 0.717) is 17.8 Å². The molecule has 2 aromatic carbocycles. The Bertz CT molecular complexity index is 1160. The molecule has 0 fully saturated rings. The summed E-state index contributed by atoms with van der Waals surface area (Å²) in [6.07, 6.45) is 6.98. The van der Waals surface area contributed by atoms with Crippen molar-refractivity contribution in [3.8, 4) is 5.75 Å². The Morgan fingerprint density at radius 2 is 1.96 bits per heavy atom. The molecule has 1 aliphatic carbocycles. The lowest BCUT2D eigenvalue weighted by Crippen LogP contribution is -2.23. The van der Waals surface area contributed by atoms with Crippen LogP contribution in [0, 0.1) is 0 Å². The summed E-state index contributed by atoms with van der Waals surface area (Å²) in [6.45, 7) is 0. The maximum atomic E-state index is 10.3. The number of amidine groups is 1. The first-order chi connectivity index (χ1) is 13.7. The molecule has 0 saturated carbocycles. The van der Waals surface area contributed by atoms with Gasteiger partial charge in [0.25, 0.3) is 0 Å². The second-order valence-electron chi connectivity index (χ2n) is 6.99. The van der Waals surface area contributed by atoms with E-state index in [2.05, 4.69) is 35.3 Å². The van der Waals surface area contributed by atoms with E-state index < -0.39 is 0 Å². The van der Waals surface area contributed by atoms with Crippen LogP contribution in [0.5, 0.6) is 5.75 Å². The molecule has 1 unspecified atom stereocenters. The molecule has 0 saturated heterocycles. The predicted molar refractivity (Wildman–Crippen MR) is 116 cm³/mol. The molecule has 4 nitrogen and oxygen atoms in total. The number of aromatic hydroxyl groups is 1. The van der Waals surface area contributed by atoms with Crippen molar-refractivity contribution in [2.45, 2.75) is 25.5 Å². The summed E-state index contributed by atoms with van der Waals surface area (Å²) in [5.41, 5.74) is 4.16. The fourth-order valence-corrected chi connectivity index (χ4v) is 5.19. The van der Waals surface area contributed by atoms with Gasteiger partial charge in [0.1, 0.15) is 5.75 Å². The van der Waals surface area contributed by atoms with Crippen molar-refractivity contribution in [1.29, 1.82) is 0 Å². The fourth-order valence-electron chi connectivity index (χ4n) is 3.88. The van der Waals surface area contributed by atoms with Gasteiger partial charge in [-0.2, -0.15) is 0 Å². The zero-order valence-electron chi connectivity index (χ0n) is 15.6. The molecular formula is C23H20N2O2S. The molecule has 28 heavy (non-hydrogen) atoms. The van der Waals surface area contributed by atoms with Crippen LogP contribution in [0.2, 0.25) is 0 Å². The molecule has 2 aliphatic rings. The summed E-state index contributed by atoms with van der Waals surface area (Å²) >= 11 is 1.83. The van der Waals surface area contributed by atoms with Crippen molar-refractivity contribution in [1.82, 2.24) is 0 Å². The monoisotopic (exact) mass is 388 g/mol. The van der Waals surface area contributed by atoms with Gasteiger partial charge >= 0.3 is 0 Å². The second-order valence-corrected chi connectivity index (χ2v) is 8.04. The Kier molecular flexibility index (Phi) is 4.34. The molecule has 2 heterocycles. The number of hydrogen-bond acceptors (Lipinski definition) is 5. The van der Waals surface area contributed by atoms with Crippen molar-refractivity contribution in [2.24, 2.45) is 9.98 Å². The smallest absolute Gasteiger partial charge is 0.161 e. The average molecular weight is 388 g/mol. The van der Waals surface area contributed by atoms with Crippen LogP contribution in [0.15, 0.2) is 58.5 Å². The maximum absolute atomic E-state index is 10.3. The van der Waals surface area contributed by atoms with Crippen molar-refractivity contribution in [3.05, 3.63) is 70.1 Å². The van der Waals surface area contributed by atoms with Gasteiger partial charge < -0.3 is 9.84 Å². The van der Waals surface area contributed by atoms with Gasteiger partial charge in [-0.05, 0) is 42.0 Å². The van der Waals surface area contributed by atoms with Gasteiger partial charge in [0.2, 0.25) is 0 Å². The number of benzene rings is 2. The Labute approximate surface area is 167 Å². The Hall–Kier alpha value is -2.76. The van der Waals surface area contributed by atoms with Crippen LogP contribution in [0.1, 0.15) is 34.4 Å². The number of methoxy groups -OCH3 is 1. The highest BCUT2D eigenvalue weighted by Crippen LogP contribution is 2.38. The van der Waals surface area contributed by atoms with E-state index in [1.54, 1.807) is 19.2 Å². The van der Waals surface area contributed by atoms with Crippen LogP contribution >= 0.6 is 11.3 Å². The highest BCUT2D eigenvalue weighted by molar-refractivity contribution is 7.20. The first kappa shape index (κ1) is 17.3. The standard InChI is InChI=1S/C23H20N2O2S/c1-27-21-13-18(24-23(25-21)17-8-2-4-11-19(17)26)16-10-6-9-15-14-7-3-5-12-20(14)28-22(15)16/h2,4-6,8-12,21,26H,3,7,13H2,1H3. The van der Waals surface area contributed by atoms with Crippen LogP contribution in [0.25, 0.3) is 16.2 Å². The van der Waals surface area contributed by atoms with Crippen molar-refractivity contribution < 1.29 is 9.84 Å². The molecule has 1 aliphatic heterocycles. The molecule has 1 atom stereocenters. The summed E-state index contributed by atoms with van der Waals surface area (Å²) in [7, 11) is 1.66. The van der Waals surface area contributed by atoms with Gasteiger partial charge in [-0.1, -0.05) is 36.4 Å². The second kappa shape index (κ2) is 7.00. The molecule has 140 valence electrons. The number of aryl methyl sites for hydroxylation is 1. The first-order valence-electron chi connectivity index (χ1n) is 9.42. The quantitative estimate of drug-likeness (QED) is 0.672. The highest BCUT2D eigenvalue weighted by atomic mass is 32.1. The summed E-state index contributed by atoms with van der Waals surface area (Å²) in [5, 5.41) is 11.6. The number of phenols is 1. The number of aliphatic imine (C=N–C) groups is 2. The lowest BCUT2D eigenvalue weighted by molar-refractivity contribution is 0.115. The highest BCUT2D eigenvalue weighted by Gasteiger charge is 2.24. The third kappa shape index (κ3) is 2.87. The van der Waals surface area contributed by atoms with E-state index in [1.165, 1.54) is 20.5 Å². The zero-order valence-corrected chi connectivity index (χ0v) is 16.4. The van der Waals surface area contributed by atoms with E-state index in [0.717, 1.165) is 24.1 Å². The van der Waals surface area contributed by atoms with Gasteiger partial charge in [0.05, 0.1) is 11.3 Å². The lowest BCUT2D eigenvalue weighted by Gasteiger charge is -2.20. The van der Waals surface area contributed by atoms with Gasteiger partial charge in [0.15, 0.2) is 12.1 Å². The summed E-state index contributed by atoms with van der Waals surface area (Å²) in [4.78, 5) is 10.8. The Morgan fingerprint density at radius 1 is 1.11 bits per heavy atom. The minimum absolute atomic E-state index is 0.177. The van der Waals surface area contributed by atoms with Gasteiger partial charge in [0, 0.05) is 28.7 Å². The number of ether oxygens (including phenoxy) is 1. The third-order valence-corrected chi connectivity index (χ3v) is 6.53. The Morgan fingerprint density at radius 3 is 2.82 bits per heavy atom. The number of para-hydroxylation sites is 1. The average Bonchev–Trinajstić information content (AvgIpc) is 3.12. The molecular weight excluding hydrogens is 368 g/mol. The molecule has 3 aromatic rings. The fraction of sp³-hybridized carbons (Fsp3) is 0.217. The minimum Gasteiger partial charge on any atom is -0.507 e. The third-order valence-electron chi connectivity index (χ3n) is 5.28. The maximum Gasteiger partial charge on any atom is 0.161 e. The van der Waals surface area contributed by atoms with Gasteiger partial charge in [-0.3, -0.25) is 0 Å². The van der Waals surface area contributed by atoms with Crippen LogP contribution < -0.4 is 0 Å². The molecule has 0 spiro atoms. The Balaban J connectivity index is 1.66. The normalized spacial score (nSPS) is 18.7. The molecule has 5 rings (SSSR count). The molecule has 0 bridgehead atoms. The van der Waals surface area contributed by atoms with Crippen LogP contribution in [-0.4, -0.2) is 30.0 Å². The number of nitrogens with zero attached hydrogens (tertiary/aromatic N) is 2. The van der Waals surface area contributed by atoms with E-state index in [1.807, 2.05) is 23.5 Å². The number of thiophene rings is 1. The van der Waals surface area contributed by atoms with Gasteiger partial charge in [-0.25, -0.2) is 9.98 Å². The van der Waals surface area contributed by atoms with Crippen LogP contribution in [0.4, 0.5) is 0 Å². The summed E-state index contributed by atoms with van der Waals surface area (Å²) < 4.78 is 6.84. The van der Waals surface area contributed by atoms with Crippen LogP contribution in [0.3, 0.4) is 0 Å². The van der Waals surface area contributed by atoms with E-state index in [4.69, 9.17) is 9.73 Å². The number of allylic oxidation sites excluding steroid dienone is 1. The van der Waals surface area contributed by atoms with Crippen molar-refractivity contribution in [3.63, 3.8) is 0 Å². The molecule has 1 N–H and O–H groups in total. The SMILES string of the molecule is COC1CC(c2cccc3c4c(sc23)C=CCC4)=NC(c2ccccc2O)=N1. The van der Waals surface area contributed by atoms with Gasteiger partial charge in [-0.15, -0.1) is 11.3 Å². The molecule has 0 radical (unpaired) electrons. The topological polar surface area (TPSA) is 54.2 Å². The number of rotatable bonds is 3. The van der Waals surface area contributed by atoms with Crippen molar-refractivity contribution in [2.75, 3.05) is 7.11 Å². The lowest BCUT2D eigenvalue weighted by atomic mass is 9.97. The molecule has 5 heteroatoms. The van der Waals surface area contributed by atoms with E-state index in [9.17, 15) is 5.11 Å².